The van der Waals surface area contributed by atoms with Crippen LogP contribution in [0.5, 0.6) is 6.01 Å². The fraction of sp³-hybridized carbons (Fsp3) is 0.667. The number of likely N-dealkylation sites (tertiary alicyclic amines) is 1. The largest absolute Gasteiger partial charge is 0.467 e. The van der Waals surface area contributed by atoms with E-state index in [4.69, 9.17) is 4.74 Å². The maximum absolute atomic E-state index is 12.5. The maximum Gasteiger partial charge on any atom is 0.316 e. The highest BCUT2D eigenvalue weighted by Crippen LogP contribution is 2.55. The molecule has 5 nitrogen and oxygen atoms in total. The molecule has 1 aliphatic heterocycles. The minimum absolute atomic E-state index is 0.0708. The van der Waals surface area contributed by atoms with E-state index in [-0.39, 0.29) is 5.91 Å². The first-order valence-electron chi connectivity index (χ1n) is 7.41. The molecule has 1 saturated heterocycles. The summed E-state index contributed by atoms with van der Waals surface area (Å²) in [4.78, 5) is 22.6. The van der Waals surface area contributed by atoms with Crippen molar-refractivity contribution in [3.63, 3.8) is 0 Å². The number of hydrogen-bond acceptors (Lipinski definition) is 4. The first-order chi connectivity index (χ1) is 9.76. The minimum atomic E-state index is 0.0708. The van der Waals surface area contributed by atoms with Crippen molar-refractivity contribution in [3.8, 4) is 6.01 Å². The molecular formula is C15H19N3O2. The number of carbonyl (C=O) groups is 1. The monoisotopic (exact) mass is 273 g/mol. The molecule has 0 aromatic carbocycles. The van der Waals surface area contributed by atoms with E-state index < -0.39 is 0 Å². The third-order valence-electron chi connectivity index (χ3n) is 5.48. The van der Waals surface area contributed by atoms with Crippen molar-refractivity contribution in [1.82, 2.24) is 14.9 Å². The van der Waals surface area contributed by atoms with Gasteiger partial charge in [-0.1, -0.05) is 0 Å². The molecule has 0 unspecified atom stereocenters. The average Bonchev–Trinajstić information content (AvgIpc) is 3.18. The van der Waals surface area contributed by atoms with Gasteiger partial charge in [-0.15, -0.1) is 0 Å². The Bertz CT molecular complexity index is 512. The third kappa shape index (κ3) is 1.72. The van der Waals surface area contributed by atoms with Gasteiger partial charge in [-0.3, -0.25) is 4.79 Å². The Morgan fingerprint density at radius 2 is 1.80 bits per heavy atom. The van der Waals surface area contributed by atoms with E-state index in [0.717, 1.165) is 36.8 Å². The number of fused-ring (bicyclic) bond motifs is 5. The fourth-order valence-corrected chi connectivity index (χ4v) is 4.56. The highest BCUT2D eigenvalue weighted by Gasteiger charge is 2.52. The zero-order valence-electron chi connectivity index (χ0n) is 11.7. The fourth-order valence-electron chi connectivity index (χ4n) is 4.56. The zero-order chi connectivity index (χ0) is 13.7. The highest BCUT2D eigenvalue weighted by molar-refractivity contribution is 5.93. The highest BCUT2D eigenvalue weighted by atomic mass is 16.5. The zero-order valence-corrected chi connectivity index (χ0v) is 11.7. The molecule has 20 heavy (non-hydrogen) atoms. The van der Waals surface area contributed by atoms with Gasteiger partial charge in [0, 0.05) is 25.5 Å². The lowest BCUT2D eigenvalue weighted by molar-refractivity contribution is 0.0775. The molecule has 2 saturated carbocycles. The van der Waals surface area contributed by atoms with E-state index in [1.165, 1.54) is 26.4 Å². The molecule has 106 valence electrons. The van der Waals surface area contributed by atoms with Crippen LogP contribution in [0.1, 0.15) is 29.6 Å². The lowest BCUT2D eigenvalue weighted by atomic mass is 9.82. The van der Waals surface area contributed by atoms with Crippen molar-refractivity contribution in [2.75, 3.05) is 20.2 Å². The Balaban J connectivity index is 1.49. The molecule has 4 atom stereocenters. The average molecular weight is 273 g/mol. The summed E-state index contributed by atoms with van der Waals surface area (Å²) in [6, 6.07) is 0.304. The second-order valence-electron chi connectivity index (χ2n) is 6.33. The Morgan fingerprint density at radius 3 is 2.35 bits per heavy atom. The number of aromatic nitrogens is 2. The summed E-state index contributed by atoms with van der Waals surface area (Å²) in [6.45, 7) is 1.85. The van der Waals surface area contributed by atoms with Gasteiger partial charge >= 0.3 is 6.01 Å². The van der Waals surface area contributed by atoms with Gasteiger partial charge in [0.15, 0.2) is 0 Å². The molecule has 2 aliphatic carbocycles. The normalized spacial score (nSPS) is 34.4. The van der Waals surface area contributed by atoms with E-state index in [1.807, 2.05) is 4.90 Å². The van der Waals surface area contributed by atoms with E-state index in [9.17, 15) is 4.79 Å². The van der Waals surface area contributed by atoms with Gasteiger partial charge in [0.05, 0.1) is 12.7 Å². The topological polar surface area (TPSA) is 55.3 Å². The van der Waals surface area contributed by atoms with Crippen LogP contribution in [0.2, 0.25) is 0 Å². The molecule has 3 aliphatic rings. The van der Waals surface area contributed by atoms with Crippen LogP contribution in [-0.2, 0) is 0 Å². The van der Waals surface area contributed by atoms with Crippen LogP contribution >= 0.6 is 0 Å². The molecule has 1 aromatic heterocycles. The lowest BCUT2D eigenvalue weighted by Crippen LogP contribution is -2.30. The van der Waals surface area contributed by atoms with Crippen molar-refractivity contribution < 1.29 is 9.53 Å². The Morgan fingerprint density at radius 1 is 1.20 bits per heavy atom. The molecule has 1 amide bonds. The number of carbonyl (C=O) groups excluding carboxylic acids is 1. The Kier molecular flexibility index (Phi) is 2.69. The summed E-state index contributed by atoms with van der Waals surface area (Å²) in [5, 5.41) is 0. The van der Waals surface area contributed by atoms with Crippen molar-refractivity contribution in [1.29, 1.82) is 0 Å². The van der Waals surface area contributed by atoms with Gasteiger partial charge in [-0.05, 0) is 42.9 Å². The second kappa shape index (κ2) is 4.43. The van der Waals surface area contributed by atoms with E-state index >= 15 is 0 Å². The number of methoxy groups -OCH3 is 1. The molecule has 1 aromatic rings. The molecular weight excluding hydrogens is 254 g/mol. The van der Waals surface area contributed by atoms with Gasteiger partial charge in [0.25, 0.3) is 5.91 Å². The van der Waals surface area contributed by atoms with Crippen LogP contribution < -0.4 is 4.74 Å². The van der Waals surface area contributed by atoms with Crippen LogP contribution in [0.15, 0.2) is 12.4 Å². The first kappa shape index (κ1) is 12.1. The summed E-state index contributed by atoms with van der Waals surface area (Å²) in [5.74, 6) is 3.31. The van der Waals surface area contributed by atoms with Gasteiger partial charge in [0.2, 0.25) is 0 Å². The number of ether oxygens (including phenoxy) is 1. The second-order valence-corrected chi connectivity index (χ2v) is 6.33. The van der Waals surface area contributed by atoms with Crippen molar-refractivity contribution in [2.24, 2.45) is 23.7 Å². The number of amides is 1. The summed E-state index contributed by atoms with van der Waals surface area (Å²) >= 11 is 0. The predicted octanol–water partition coefficient (Wildman–Crippen LogP) is 1.60. The van der Waals surface area contributed by atoms with E-state index in [0.29, 0.717) is 11.6 Å². The molecule has 2 bridgehead atoms. The van der Waals surface area contributed by atoms with E-state index in [2.05, 4.69) is 9.97 Å². The molecule has 3 fully saturated rings. The molecule has 2 heterocycles. The van der Waals surface area contributed by atoms with E-state index in [1.54, 1.807) is 12.4 Å². The molecule has 0 radical (unpaired) electrons. The molecule has 5 heteroatoms. The van der Waals surface area contributed by atoms with Gasteiger partial charge in [-0.25, -0.2) is 9.97 Å². The SMILES string of the molecule is COc1ncc(C(=O)N2C[C@@H]3[C@@H]4CC[C@@H](C4)[C@@H]3C2)cn1. The number of nitrogens with zero attached hydrogens (tertiary/aromatic N) is 3. The van der Waals surface area contributed by atoms with Crippen LogP contribution in [0.4, 0.5) is 0 Å². The smallest absolute Gasteiger partial charge is 0.316 e. The summed E-state index contributed by atoms with van der Waals surface area (Å²) in [7, 11) is 1.52. The van der Waals surface area contributed by atoms with Crippen LogP contribution in [0, 0.1) is 23.7 Å². The predicted molar refractivity (Wildman–Crippen MR) is 72.3 cm³/mol. The molecule has 0 N–H and O–H groups in total. The minimum Gasteiger partial charge on any atom is -0.467 e. The van der Waals surface area contributed by atoms with Gasteiger partial charge < -0.3 is 9.64 Å². The third-order valence-corrected chi connectivity index (χ3v) is 5.48. The summed E-state index contributed by atoms with van der Waals surface area (Å²) in [6.07, 6.45) is 7.29. The van der Waals surface area contributed by atoms with Crippen LogP contribution in [0.25, 0.3) is 0 Å². The summed E-state index contributed by atoms with van der Waals surface area (Å²) in [5.41, 5.74) is 0.568. The van der Waals surface area contributed by atoms with Crippen molar-refractivity contribution >= 4 is 5.91 Å². The quantitative estimate of drug-likeness (QED) is 0.821. The van der Waals surface area contributed by atoms with Crippen molar-refractivity contribution in [2.45, 2.75) is 19.3 Å². The van der Waals surface area contributed by atoms with Crippen LogP contribution in [-0.4, -0.2) is 41.0 Å². The molecule has 0 spiro atoms. The lowest BCUT2D eigenvalue weighted by Gasteiger charge is -2.22. The Hall–Kier alpha value is -1.65. The molecule has 4 rings (SSSR count). The summed E-state index contributed by atoms with van der Waals surface area (Å²) < 4.78 is 4.92. The van der Waals surface area contributed by atoms with Gasteiger partial charge in [-0.2, -0.15) is 0 Å². The number of hydrogen-bond donors (Lipinski definition) is 0. The van der Waals surface area contributed by atoms with Gasteiger partial charge in [0.1, 0.15) is 0 Å². The maximum atomic E-state index is 12.5. The first-order valence-corrected chi connectivity index (χ1v) is 7.41. The van der Waals surface area contributed by atoms with Crippen molar-refractivity contribution in [3.05, 3.63) is 18.0 Å². The van der Waals surface area contributed by atoms with Crippen LogP contribution in [0.3, 0.4) is 0 Å². The number of rotatable bonds is 2. The standard InChI is InChI=1S/C15H19N3O2/c1-20-15-16-5-11(6-17-15)14(19)18-7-12-9-2-3-10(4-9)13(12)8-18/h5-6,9-10,12-13H,2-4,7-8H2,1H3/t9-,10+,12-,13+. The Labute approximate surface area is 118 Å².